The van der Waals surface area contributed by atoms with Gasteiger partial charge in [-0.3, -0.25) is 14.7 Å². The Morgan fingerprint density at radius 2 is 2.00 bits per heavy atom. The Kier molecular flexibility index (Phi) is 7.92. The van der Waals surface area contributed by atoms with Crippen LogP contribution in [0.2, 0.25) is 0 Å². The van der Waals surface area contributed by atoms with Crippen molar-refractivity contribution in [3.05, 3.63) is 35.9 Å². The normalized spacial score (nSPS) is 20.0. The number of guanidine groups is 1. The highest BCUT2D eigenvalue weighted by atomic mass is 16.2. The Balaban J connectivity index is 1.35. The van der Waals surface area contributed by atoms with Crippen LogP contribution in [0.1, 0.15) is 38.7 Å². The molecule has 1 aliphatic carbocycles. The lowest BCUT2D eigenvalue weighted by Crippen LogP contribution is -2.45. The number of likely N-dealkylation sites (tertiary alicyclic amines) is 1. The predicted molar refractivity (Wildman–Crippen MR) is 119 cm³/mol. The maximum absolute atomic E-state index is 12.3. The fourth-order valence-corrected chi connectivity index (χ4v) is 4.15. The molecule has 1 unspecified atom stereocenters. The first kappa shape index (κ1) is 21.6. The molecule has 0 aromatic heterocycles. The number of aliphatic imine (C=N–C) groups is 1. The average molecular weight is 400 g/mol. The minimum Gasteiger partial charge on any atom is -0.356 e. The first-order valence-corrected chi connectivity index (χ1v) is 11.1. The van der Waals surface area contributed by atoms with E-state index in [1.165, 1.54) is 18.4 Å². The molecule has 1 aromatic rings. The van der Waals surface area contributed by atoms with Crippen molar-refractivity contribution < 1.29 is 4.79 Å². The number of carbonyl (C=O) groups excluding carboxylic acids is 1. The Morgan fingerprint density at radius 3 is 2.66 bits per heavy atom. The fourth-order valence-electron chi connectivity index (χ4n) is 4.15. The molecular weight excluding hydrogens is 362 g/mol. The minimum absolute atomic E-state index is 0.271. The van der Waals surface area contributed by atoms with Gasteiger partial charge in [0.05, 0.1) is 0 Å². The Morgan fingerprint density at radius 1 is 1.24 bits per heavy atom. The third-order valence-corrected chi connectivity index (χ3v) is 5.93. The number of rotatable bonds is 10. The number of carbonyl (C=O) groups is 1. The Hall–Kier alpha value is -2.08. The van der Waals surface area contributed by atoms with Crippen LogP contribution in [0, 0.1) is 5.92 Å². The zero-order valence-corrected chi connectivity index (χ0v) is 18.2. The van der Waals surface area contributed by atoms with Crippen LogP contribution in [0.25, 0.3) is 0 Å². The highest BCUT2D eigenvalue weighted by molar-refractivity contribution is 5.80. The van der Waals surface area contributed by atoms with E-state index in [0.29, 0.717) is 18.4 Å². The van der Waals surface area contributed by atoms with Gasteiger partial charge >= 0.3 is 0 Å². The van der Waals surface area contributed by atoms with Gasteiger partial charge in [-0.1, -0.05) is 30.3 Å². The lowest BCUT2D eigenvalue weighted by Gasteiger charge is -2.26. The third kappa shape index (κ3) is 6.74. The fraction of sp³-hybridized carbons (Fsp3) is 0.652. The van der Waals surface area contributed by atoms with Crippen LogP contribution < -0.4 is 10.6 Å². The lowest BCUT2D eigenvalue weighted by molar-refractivity contribution is -0.127. The van der Waals surface area contributed by atoms with Crippen LogP contribution >= 0.6 is 0 Å². The smallest absolute Gasteiger partial charge is 0.223 e. The van der Waals surface area contributed by atoms with Gasteiger partial charge in [0.1, 0.15) is 0 Å². The SMILES string of the molecule is CN=C(NCCN(C(C)C)C1CC1)NCC1CC(=O)N(CCc2ccccc2)C1. The molecule has 0 radical (unpaired) electrons. The largest absolute Gasteiger partial charge is 0.356 e. The van der Waals surface area contributed by atoms with Gasteiger partial charge in [-0.2, -0.15) is 0 Å². The van der Waals surface area contributed by atoms with E-state index in [-0.39, 0.29) is 5.91 Å². The summed E-state index contributed by atoms with van der Waals surface area (Å²) in [5.74, 6) is 1.45. The molecule has 1 saturated carbocycles. The van der Waals surface area contributed by atoms with E-state index < -0.39 is 0 Å². The molecule has 2 fully saturated rings. The summed E-state index contributed by atoms with van der Waals surface area (Å²) in [6, 6.07) is 11.7. The quantitative estimate of drug-likeness (QED) is 0.467. The highest BCUT2D eigenvalue weighted by Gasteiger charge is 2.30. The third-order valence-electron chi connectivity index (χ3n) is 5.93. The maximum Gasteiger partial charge on any atom is 0.223 e. The van der Waals surface area contributed by atoms with Gasteiger partial charge in [0, 0.05) is 64.2 Å². The predicted octanol–water partition coefficient (Wildman–Crippen LogP) is 2.12. The van der Waals surface area contributed by atoms with Gasteiger partial charge in [0.2, 0.25) is 5.91 Å². The highest BCUT2D eigenvalue weighted by Crippen LogP contribution is 2.27. The molecule has 1 heterocycles. The molecule has 0 bridgehead atoms. The van der Waals surface area contributed by atoms with Gasteiger partial charge in [-0.25, -0.2) is 0 Å². The van der Waals surface area contributed by atoms with E-state index >= 15 is 0 Å². The average Bonchev–Trinajstić information content (AvgIpc) is 3.49. The van der Waals surface area contributed by atoms with Crippen molar-refractivity contribution in [2.24, 2.45) is 10.9 Å². The zero-order valence-electron chi connectivity index (χ0n) is 18.2. The molecule has 2 N–H and O–H groups in total. The van der Waals surface area contributed by atoms with Crippen LogP contribution in [0.15, 0.2) is 35.3 Å². The second-order valence-electron chi connectivity index (χ2n) is 8.59. The summed E-state index contributed by atoms with van der Waals surface area (Å²) >= 11 is 0. The first-order valence-electron chi connectivity index (χ1n) is 11.1. The maximum atomic E-state index is 12.3. The van der Waals surface area contributed by atoms with Crippen molar-refractivity contribution in [1.82, 2.24) is 20.4 Å². The summed E-state index contributed by atoms with van der Waals surface area (Å²) < 4.78 is 0. The van der Waals surface area contributed by atoms with Crippen molar-refractivity contribution in [3.63, 3.8) is 0 Å². The molecule has 0 spiro atoms. The van der Waals surface area contributed by atoms with Gasteiger partial charge in [0.25, 0.3) is 0 Å². The molecule has 6 heteroatoms. The van der Waals surface area contributed by atoms with Crippen molar-refractivity contribution in [2.45, 2.75) is 51.6 Å². The van der Waals surface area contributed by atoms with Gasteiger partial charge in [-0.05, 0) is 38.7 Å². The topological polar surface area (TPSA) is 60.0 Å². The van der Waals surface area contributed by atoms with Gasteiger partial charge in [0.15, 0.2) is 5.96 Å². The molecular formula is C23H37N5O. The molecule has 1 saturated heterocycles. The second kappa shape index (κ2) is 10.6. The lowest BCUT2D eigenvalue weighted by atomic mass is 10.1. The van der Waals surface area contributed by atoms with E-state index in [1.54, 1.807) is 0 Å². The van der Waals surface area contributed by atoms with Crippen molar-refractivity contribution in [1.29, 1.82) is 0 Å². The standard InChI is InChI=1S/C23H37N5O/c1-18(2)28(21-9-10-21)14-12-25-23(24-3)26-16-20-15-22(29)27(17-20)13-11-19-7-5-4-6-8-19/h4-8,18,20-21H,9-17H2,1-3H3,(H2,24,25,26). The summed E-state index contributed by atoms with van der Waals surface area (Å²) in [7, 11) is 1.81. The summed E-state index contributed by atoms with van der Waals surface area (Å²) in [6.07, 6.45) is 4.22. The minimum atomic E-state index is 0.271. The summed E-state index contributed by atoms with van der Waals surface area (Å²) in [5.41, 5.74) is 1.29. The van der Waals surface area contributed by atoms with E-state index in [2.05, 4.69) is 58.6 Å². The summed E-state index contributed by atoms with van der Waals surface area (Å²) in [4.78, 5) is 21.3. The number of nitrogens with zero attached hydrogens (tertiary/aromatic N) is 3. The van der Waals surface area contributed by atoms with Crippen LogP contribution in [-0.2, 0) is 11.2 Å². The van der Waals surface area contributed by atoms with Crippen LogP contribution in [0.3, 0.4) is 0 Å². The van der Waals surface area contributed by atoms with Crippen LogP contribution in [0.4, 0.5) is 0 Å². The van der Waals surface area contributed by atoms with E-state index in [1.807, 2.05) is 18.0 Å². The molecule has 3 rings (SSSR count). The number of benzene rings is 1. The first-order chi connectivity index (χ1) is 14.1. The van der Waals surface area contributed by atoms with Gasteiger partial charge in [-0.15, -0.1) is 0 Å². The Bertz CT molecular complexity index is 669. The molecule has 29 heavy (non-hydrogen) atoms. The van der Waals surface area contributed by atoms with Gasteiger partial charge < -0.3 is 15.5 Å². The van der Waals surface area contributed by atoms with E-state index in [0.717, 1.165) is 51.1 Å². The molecule has 1 amide bonds. The number of nitrogens with one attached hydrogen (secondary N) is 2. The summed E-state index contributed by atoms with van der Waals surface area (Å²) in [5, 5.41) is 6.84. The number of hydrogen-bond donors (Lipinski definition) is 2. The monoisotopic (exact) mass is 399 g/mol. The van der Waals surface area contributed by atoms with Crippen LogP contribution in [0.5, 0.6) is 0 Å². The second-order valence-corrected chi connectivity index (χ2v) is 8.59. The summed E-state index contributed by atoms with van der Waals surface area (Å²) in [6.45, 7) is 8.89. The molecule has 2 aliphatic rings. The molecule has 1 atom stereocenters. The zero-order chi connectivity index (χ0) is 20.6. The molecule has 160 valence electrons. The van der Waals surface area contributed by atoms with Crippen LogP contribution in [-0.4, -0.2) is 73.5 Å². The van der Waals surface area contributed by atoms with E-state index in [4.69, 9.17) is 0 Å². The number of hydrogen-bond acceptors (Lipinski definition) is 3. The molecule has 6 nitrogen and oxygen atoms in total. The van der Waals surface area contributed by atoms with Crippen molar-refractivity contribution in [3.8, 4) is 0 Å². The van der Waals surface area contributed by atoms with E-state index in [9.17, 15) is 4.79 Å². The van der Waals surface area contributed by atoms with Crippen molar-refractivity contribution >= 4 is 11.9 Å². The number of amides is 1. The molecule has 1 aromatic carbocycles. The molecule has 1 aliphatic heterocycles. The Labute approximate surface area is 175 Å². The van der Waals surface area contributed by atoms with Crippen molar-refractivity contribution in [2.75, 3.05) is 39.8 Å².